The van der Waals surface area contributed by atoms with Crippen LogP contribution in [-0.4, -0.2) is 44.9 Å². The van der Waals surface area contributed by atoms with Crippen LogP contribution in [0.5, 0.6) is 0 Å². The number of benzene rings is 1. The van der Waals surface area contributed by atoms with E-state index in [1.54, 1.807) is 35.2 Å². The Kier molecular flexibility index (Phi) is 7.96. The van der Waals surface area contributed by atoms with E-state index >= 15 is 8.78 Å². The molecule has 216 valence electrons. The van der Waals surface area contributed by atoms with Gasteiger partial charge in [-0.25, -0.2) is 13.8 Å². The molecule has 1 aliphatic carbocycles. The van der Waals surface area contributed by atoms with E-state index in [-0.39, 0.29) is 35.9 Å². The van der Waals surface area contributed by atoms with Crippen LogP contribution < -0.4 is 11.1 Å². The predicted octanol–water partition coefficient (Wildman–Crippen LogP) is 5.99. The van der Waals surface area contributed by atoms with E-state index in [4.69, 9.17) is 15.2 Å². The summed E-state index contributed by atoms with van der Waals surface area (Å²) in [5.74, 6) is 0.309. The minimum atomic E-state index is -0.691. The van der Waals surface area contributed by atoms with Crippen molar-refractivity contribution in [2.75, 3.05) is 18.5 Å². The smallest absolute Gasteiger partial charge is 0.229 e. The predicted molar refractivity (Wildman–Crippen MR) is 153 cm³/mol. The van der Waals surface area contributed by atoms with E-state index in [1.165, 1.54) is 12.1 Å². The van der Waals surface area contributed by atoms with Crippen molar-refractivity contribution in [1.82, 2.24) is 19.6 Å². The fraction of sp³-hybridized carbons (Fsp3) is 0.452. The molecule has 1 aliphatic heterocycles. The van der Waals surface area contributed by atoms with E-state index in [0.717, 1.165) is 36.9 Å². The van der Waals surface area contributed by atoms with Gasteiger partial charge >= 0.3 is 0 Å². The molecule has 2 fully saturated rings. The zero-order valence-corrected chi connectivity index (χ0v) is 23.4. The number of imidazole rings is 1. The highest BCUT2D eigenvalue weighted by molar-refractivity contribution is 5.66. The number of nitrogens with two attached hydrogens (primary N) is 1. The van der Waals surface area contributed by atoms with Gasteiger partial charge in [-0.3, -0.25) is 4.98 Å². The normalized spacial score (nSPS) is 23.6. The van der Waals surface area contributed by atoms with E-state index in [0.29, 0.717) is 42.1 Å². The van der Waals surface area contributed by atoms with Crippen molar-refractivity contribution in [2.45, 2.75) is 64.2 Å². The Balaban J connectivity index is 1.25. The van der Waals surface area contributed by atoms with Gasteiger partial charge in [0.25, 0.3) is 0 Å². The third-order valence-electron chi connectivity index (χ3n) is 8.72. The second-order valence-electron chi connectivity index (χ2n) is 11.5. The van der Waals surface area contributed by atoms with Crippen molar-refractivity contribution in [2.24, 2.45) is 17.6 Å². The lowest BCUT2D eigenvalue weighted by Crippen LogP contribution is -2.39. The Hall–Kier alpha value is -3.47. The Morgan fingerprint density at radius 2 is 1.85 bits per heavy atom. The largest absolute Gasteiger partial charge is 0.381 e. The molecule has 41 heavy (non-hydrogen) atoms. The monoisotopic (exact) mass is 562 g/mol. The highest BCUT2D eigenvalue weighted by atomic mass is 19.1. The first-order valence-corrected chi connectivity index (χ1v) is 14.4. The zero-order chi connectivity index (χ0) is 28.5. The number of rotatable bonds is 7. The van der Waals surface area contributed by atoms with E-state index in [2.05, 4.69) is 34.2 Å². The van der Waals surface area contributed by atoms with Crippen LogP contribution in [0.15, 0.2) is 48.9 Å². The highest BCUT2D eigenvalue weighted by Gasteiger charge is 2.32. The van der Waals surface area contributed by atoms with Gasteiger partial charge in [0.05, 0.1) is 47.6 Å². The third kappa shape index (κ3) is 5.82. The molecule has 2 aliphatic rings. The van der Waals surface area contributed by atoms with Crippen LogP contribution in [0.2, 0.25) is 0 Å². The third-order valence-corrected chi connectivity index (χ3v) is 8.72. The van der Waals surface area contributed by atoms with Gasteiger partial charge in [0, 0.05) is 25.5 Å². The molecule has 0 spiro atoms. The summed E-state index contributed by atoms with van der Waals surface area (Å²) in [6.07, 6.45) is 8.75. The Labute approximate surface area is 238 Å². The lowest BCUT2D eigenvalue weighted by atomic mass is 9.71. The first-order valence-electron chi connectivity index (χ1n) is 14.4. The van der Waals surface area contributed by atoms with Gasteiger partial charge in [-0.15, -0.1) is 0 Å². The molecule has 1 aromatic carbocycles. The molecule has 6 rings (SSSR count). The van der Waals surface area contributed by atoms with Crippen molar-refractivity contribution in [1.29, 1.82) is 0 Å². The number of ether oxygens (including phenoxy) is 2. The summed E-state index contributed by atoms with van der Waals surface area (Å²) >= 11 is 0. The van der Waals surface area contributed by atoms with Crippen LogP contribution in [0.3, 0.4) is 0 Å². The quantitative estimate of drug-likeness (QED) is 0.286. The van der Waals surface area contributed by atoms with Crippen LogP contribution in [0.25, 0.3) is 16.8 Å². The van der Waals surface area contributed by atoms with Gasteiger partial charge < -0.3 is 20.5 Å². The lowest BCUT2D eigenvalue weighted by Gasteiger charge is -2.37. The summed E-state index contributed by atoms with van der Waals surface area (Å²) in [5.41, 5.74) is 9.52. The maximum atomic E-state index is 15.3. The molecule has 4 heterocycles. The van der Waals surface area contributed by atoms with Crippen LogP contribution in [0.1, 0.15) is 56.6 Å². The topological polar surface area (TPSA) is 99.6 Å². The Morgan fingerprint density at radius 3 is 2.61 bits per heavy atom. The summed E-state index contributed by atoms with van der Waals surface area (Å²) in [6.45, 7) is 5.89. The average Bonchev–Trinajstić information content (AvgIpc) is 3.37. The lowest BCUT2D eigenvalue weighted by molar-refractivity contribution is -0.0391. The second kappa shape index (κ2) is 11.8. The standard InChI is InChI=1S/C31H36F2N6O2/c1-18-11-21(14-27(34)19(18)2)24-5-8-35-16-29(24)37-31-36-15-22-3-4-28(38-39(22)31)30-25(32)12-20(13-26(30)33)17-41-23-6-9-40-10-7-23/h3-5,8,12-13,15-16,18-19,21,23,27H,6-7,9-11,14,17,34H2,1-2H3,(H,36,37). The molecule has 10 heteroatoms. The molecule has 0 amide bonds. The highest BCUT2D eigenvalue weighted by Crippen LogP contribution is 2.41. The molecular formula is C31H36F2N6O2. The number of aromatic nitrogens is 4. The molecule has 4 atom stereocenters. The molecule has 1 saturated heterocycles. The number of pyridine rings is 1. The summed E-state index contributed by atoms with van der Waals surface area (Å²) in [5, 5.41) is 7.95. The van der Waals surface area contributed by atoms with Gasteiger partial charge in [-0.2, -0.15) is 9.61 Å². The fourth-order valence-electron chi connectivity index (χ4n) is 6.08. The number of nitrogens with one attached hydrogen (secondary N) is 1. The zero-order valence-electron chi connectivity index (χ0n) is 23.4. The summed E-state index contributed by atoms with van der Waals surface area (Å²) in [6, 6.07) is 8.13. The van der Waals surface area contributed by atoms with Gasteiger partial charge in [0.2, 0.25) is 5.95 Å². The molecule has 1 saturated carbocycles. The summed E-state index contributed by atoms with van der Waals surface area (Å²) in [4.78, 5) is 8.83. The van der Waals surface area contributed by atoms with Crippen molar-refractivity contribution in [3.05, 3.63) is 71.7 Å². The maximum absolute atomic E-state index is 15.3. The number of anilines is 2. The molecule has 3 aromatic heterocycles. The van der Waals surface area contributed by atoms with Gasteiger partial charge in [-0.1, -0.05) is 13.8 Å². The average molecular weight is 563 g/mol. The number of nitrogens with zero attached hydrogens (tertiary/aromatic N) is 4. The first kappa shape index (κ1) is 27.7. The molecule has 0 radical (unpaired) electrons. The first-order chi connectivity index (χ1) is 19.9. The minimum absolute atomic E-state index is 0.0351. The molecule has 4 unspecified atom stereocenters. The Bertz CT molecular complexity index is 1490. The van der Waals surface area contributed by atoms with Crippen molar-refractivity contribution in [3.8, 4) is 11.3 Å². The van der Waals surface area contributed by atoms with E-state index in [9.17, 15) is 0 Å². The van der Waals surface area contributed by atoms with Crippen molar-refractivity contribution < 1.29 is 18.3 Å². The van der Waals surface area contributed by atoms with Gasteiger partial charge in [0.15, 0.2) is 0 Å². The number of fused-ring (bicyclic) bond motifs is 1. The van der Waals surface area contributed by atoms with Crippen LogP contribution in [0.4, 0.5) is 20.4 Å². The summed E-state index contributed by atoms with van der Waals surface area (Å²) in [7, 11) is 0. The number of halogens is 2. The summed E-state index contributed by atoms with van der Waals surface area (Å²) < 4.78 is 43.3. The molecule has 8 nitrogen and oxygen atoms in total. The second-order valence-corrected chi connectivity index (χ2v) is 11.5. The van der Waals surface area contributed by atoms with Crippen LogP contribution in [-0.2, 0) is 16.1 Å². The van der Waals surface area contributed by atoms with Crippen molar-refractivity contribution >= 4 is 17.2 Å². The Morgan fingerprint density at radius 1 is 1.07 bits per heavy atom. The number of hydrogen-bond acceptors (Lipinski definition) is 7. The molecule has 4 aromatic rings. The fourth-order valence-corrected chi connectivity index (χ4v) is 6.08. The van der Waals surface area contributed by atoms with Crippen molar-refractivity contribution in [3.63, 3.8) is 0 Å². The van der Waals surface area contributed by atoms with E-state index in [1.807, 2.05) is 6.07 Å². The van der Waals surface area contributed by atoms with E-state index < -0.39 is 11.6 Å². The molecule has 3 N–H and O–H groups in total. The number of hydrogen-bond donors (Lipinski definition) is 2. The van der Waals surface area contributed by atoms with Crippen LogP contribution >= 0.6 is 0 Å². The minimum Gasteiger partial charge on any atom is -0.381 e. The SMILES string of the molecule is CC1CC(c2ccncc2Nc2ncc3ccc(-c4c(F)cc(COC5CCOCC5)cc4F)nn23)CC(N)C1C. The van der Waals surface area contributed by atoms with Gasteiger partial charge in [-0.05, 0) is 84.9 Å². The van der Waals surface area contributed by atoms with Crippen LogP contribution in [0, 0.1) is 23.5 Å². The maximum Gasteiger partial charge on any atom is 0.229 e. The van der Waals surface area contributed by atoms with Gasteiger partial charge in [0.1, 0.15) is 11.6 Å². The molecular weight excluding hydrogens is 526 g/mol. The molecule has 0 bridgehead atoms.